The summed E-state index contributed by atoms with van der Waals surface area (Å²) in [6.45, 7) is 8.86. The number of Topliss-reactive ketones (excluding diaryl/α,β-unsaturated/α-hetero) is 1. The summed E-state index contributed by atoms with van der Waals surface area (Å²) < 4.78 is 10.6. The minimum atomic E-state index is -1.83. The van der Waals surface area contributed by atoms with Gasteiger partial charge in [-0.1, -0.05) is 31.4 Å². The standard InChI is InChI=1S/C20H20O5/c1-4-13-24-17-8-6-5-7-16(17)18(21)20(23)11-9-15(10-12-20)25-19(22)14(2)3/h4-12,15,23H,1-2,13H2,3H3. The van der Waals surface area contributed by atoms with Crippen molar-refractivity contribution in [3.05, 3.63) is 78.9 Å². The molecule has 25 heavy (non-hydrogen) atoms. The lowest BCUT2D eigenvalue weighted by molar-refractivity contribution is -0.140. The van der Waals surface area contributed by atoms with E-state index in [-0.39, 0.29) is 17.7 Å². The quantitative estimate of drug-likeness (QED) is 0.358. The number of rotatable bonds is 7. The summed E-state index contributed by atoms with van der Waals surface area (Å²) in [5.41, 5.74) is -1.31. The molecule has 0 aromatic heterocycles. The Balaban J connectivity index is 2.18. The van der Waals surface area contributed by atoms with E-state index in [1.807, 2.05) is 0 Å². The molecule has 0 aliphatic heterocycles. The summed E-state index contributed by atoms with van der Waals surface area (Å²) >= 11 is 0. The summed E-state index contributed by atoms with van der Waals surface area (Å²) in [5, 5.41) is 10.6. The maximum atomic E-state index is 12.8. The van der Waals surface area contributed by atoms with Crippen molar-refractivity contribution in [3.63, 3.8) is 0 Å². The molecule has 0 heterocycles. The molecule has 0 saturated carbocycles. The van der Waals surface area contributed by atoms with Gasteiger partial charge in [0.05, 0.1) is 5.56 Å². The van der Waals surface area contributed by atoms with Gasteiger partial charge in [0, 0.05) is 5.57 Å². The molecule has 1 aliphatic rings. The fraction of sp³-hybridized carbons (Fsp3) is 0.200. The highest BCUT2D eigenvalue weighted by Gasteiger charge is 2.35. The molecule has 5 heteroatoms. The van der Waals surface area contributed by atoms with Crippen LogP contribution in [0.3, 0.4) is 0 Å². The van der Waals surface area contributed by atoms with E-state index >= 15 is 0 Å². The third kappa shape index (κ3) is 4.33. The van der Waals surface area contributed by atoms with Crippen LogP contribution < -0.4 is 4.74 Å². The Morgan fingerprint density at radius 3 is 2.52 bits per heavy atom. The number of ketones is 1. The van der Waals surface area contributed by atoms with Gasteiger partial charge in [0.15, 0.2) is 5.60 Å². The lowest BCUT2D eigenvalue weighted by Gasteiger charge is -2.25. The zero-order valence-corrected chi connectivity index (χ0v) is 14.0. The fourth-order valence-corrected chi connectivity index (χ4v) is 2.20. The summed E-state index contributed by atoms with van der Waals surface area (Å²) in [7, 11) is 0. The van der Waals surface area contributed by atoms with Gasteiger partial charge in [-0.3, -0.25) is 4.79 Å². The van der Waals surface area contributed by atoms with E-state index in [0.29, 0.717) is 5.75 Å². The second-order valence-corrected chi connectivity index (χ2v) is 5.62. The molecule has 0 amide bonds. The largest absolute Gasteiger partial charge is 0.489 e. The minimum Gasteiger partial charge on any atom is -0.489 e. The number of para-hydroxylation sites is 1. The number of esters is 1. The van der Waals surface area contributed by atoms with Crippen molar-refractivity contribution in [1.82, 2.24) is 0 Å². The second-order valence-electron chi connectivity index (χ2n) is 5.62. The van der Waals surface area contributed by atoms with Gasteiger partial charge in [-0.2, -0.15) is 0 Å². The molecule has 1 aliphatic carbocycles. The van der Waals surface area contributed by atoms with Crippen LogP contribution in [-0.4, -0.2) is 35.2 Å². The molecule has 2 rings (SSSR count). The maximum absolute atomic E-state index is 12.8. The number of hydrogen-bond donors (Lipinski definition) is 1. The predicted octanol–water partition coefficient (Wildman–Crippen LogP) is 2.78. The highest BCUT2D eigenvalue weighted by Crippen LogP contribution is 2.27. The van der Waals surface area contributed by atoms with Gasteiger partial charge in [0.25, 0.3) is 0 Å². The van der Waals surface area contributed by atoms with E-state index in [1.165, 1.54) is 24.3 Å². The molecule has 1 aromatic carbocycles. The zero-order chi connectivity index (χ0) is 18.4. The van der Waals surface area contributed by atoms with Crippen LogP contribution in [0.25, 0.3) is 0 Å². The van der Waals surface area contributed by atoms with Gasteiger partial charge in [-0.25, -0.2) is 4.79 Å². The van der Waals surface area contributed by atoms with Crippen LogP contribution in [0.15, 0.2) is 73.4 Å². The minimum absolute atomic E-state index is 0.243. The van der Waals surface area contributed by atoms with Crippen LogP contribution in [0.2, 0.25) is 0 Å². The van der Waals surface area contributed by atoms with Crippen molar-refractivity contribution in [2.75, 3.05) is 6.61 Å². The average molecular weight is 340 g/mol. The molecule has 0 bridgehead atoms. The Morgan fingerprint density at radius 2 is 1.92 bits per heavy atom. The fourth-order valence-electron chi connectivity index (χ4n) is 2.20. The van der Waals surface area contributed by atoms with E-state index in [1.54, 1.807) is 37.3 Å². The van der Waals surface area contributed by atoms with Crippen LogP contribution in [0.1, 0.15) is 17.3 Å². The van der Waals surface area contributed by atoms with Gasteiger partial charge in [-0.05, 0) is 43.4 Å². The maximum Gasteiger partial charge on any atom is 0.334 e. The van der Waals surface area contributed by atoms with Gasteiger partial charge in [0.1, 0.15) is 18.5 Å². The first-order valence-electron chi connectivity index (χ1n) is 7.72. The lowest BCUT2D eigenvalue weighted by atomic mass is 9.88. The monoisotopic (exact) mass is 340 g/mol. The summed E-state index contributed by atoms with van der Waals surface area (Å²) in [5.74, 6) is -0.720. The summed E-state index contributed by atoms with van der Waals surface area (Å²) in [6.07, 6.45) is 6.41. The average Bonchev–Trinajstić information content (AvgIpc) is 2.61. The van der Waals surface area contributed by atoms with Crippen LogP contribution in [0.5, 0.6) is 5.75 Å². The summed E-state index contributed by atoms with van der Waals surface area (Å²) in [6, 6.07) is 6.64. The van der Waals surface area contributed by atoms with Gasteiger partial charge < -0.3 is 14.6 Å². The molecule has 0 radical (unpaired) electrons. The zero-order valence-electron chi connectivity index (χ0n) is 14.0. The highest BCUT2D eigenvalue weighted by molar-refractivity contribution is 6.07. The molecular formula is C20H20O5. The van der Waals surface area contributed by atoms with Crippen molar-refractivity contribution in [1.29, 1.82) is 0 Å². The van der Waals surface area contributed by atoms with Gasteiger partial charge >= 0.3 is 5.97 Å². The Bertz CT molecular complexity index is 743. The van der Waals surface area contributed by atoms with Crippen LogP contribution in [0.4, 0.5) is 0 Å². The van der Waals surface area contributed by atoms with Crippen molar-refractivity contribution in [2.45, 2.75) is 18.6 Å². The molecule has 5 nitrogen and oxygen atoms in total. The van der Waals surface area contributed by atoms with Gasteiger partial charge in [0.2, 0.25) is 5.78 Å². The highest BCUT2D eigenvalue weighted by atomic mass is 16.5. The van der Waals surface area contributed by atoms with Crippen molar-refractivity contribution < 1.29 is 24.2 Å². The Kier molecular flexibility index (Phi) is 5.72. The smallest absolute Gasteiger partial charge is 0.334 e. The number of hydrogen-bond acceptors (Lipinski definition) is 5. The number of benzene rings is 1. The van der Waals surface area contributed by atoms with E-state index in [4.69, 9.17) is 9.47 Å². The number of ether oxygens (including phenoxy) is 2. The molecule has 0 atom stereocenters. The first kappa shape index (κ1) is 18.4. The molecule has 0 spiro atoms. The molecule has 1 aromatic rings. The van der Waals surface area contributed by atoms with E-state index in [9.17, 15) is 14.7 Å². The Morgan fingerprint density at radius 1 is 1.28 bits per heavy atom. The predicted molar refractivity (Wildman–Crippen MR) is 94.4 cm³/mol. The number of carbonyl (C=O) groups is 2. The van der Waals surface area contributed by atoms with E-state index in [2.05, 4.69) is 13.2 Å². The first-order chi connectivity index (χ1) is 11.9. The number of aliphatic hydroxyl groups is 1. The second kappa shape index (κ2) is 7.77. The molecule has 1 N–H and O–H groups in total. The van der Waals surface area contributed by atoms with Crippen molar-refractivity contribution >= 4 is 11.8 Å². The molecule has 130 valence electrons. The third-order valence-corrected chi connectivity index (χ3v) is 3.52. The van der Waals surface area contributed by atoms with Crippen LogP contribution in [0, 0.1) is 0 Å². The normalized spacial score (nSPS) is 21.4. The van der Waals surface area contributed by atoms with Gasteiger partial charge in [-0.15, -0.1) is 0 Å². The van der Waals surface area contributed by atoms with E-state index in [0.717, 1.165) is 0 Å². The van der Waals surface area contributed by atoms with Crippen LogP contribution in [-0.2, 0) is 9.53 Å². The molecule has 0 unspecified atom stereocenters. The molecular weight excluding hydrogens is 320 g/mol. The lowest BCUT2D eigenvalue weighted by Crippen LogP contribution is -2.37. The van der Waals surface area contributed by atoms with E-state index < -0.39 is 23.5 Å². The first-order valence-corrected chi connectivity index (χ1v) is 7.72. The SMILES string of the molecule is C=CCOc1ccccc1C(=O)C1(O)C=CC(OC(=O)C(=C)C)C=C1. The van der Waals surface area contributed by atoms with Crippen molar-refractivity contribution in [3.8, 4) is 5.75 Å². The Hall–Kier alpha value is -2.92. The number of carbonyl (C=O) groups excluding carboxylic acids is 2. The third-order valence-electron chi connectivity index (χ3n) is 3.52. The van der Waals surface area contributed by atoms with Crippen molar-refractivity contribution in [2.24, 2.45) is 0 Å². The topological polar surface area (TPSA) is 72.8 Å². The van der Waals surface area contributed by atoms with Crippen LogP contribution >= 0.6 is 0 Å². The molecule has 0 fully saturated rings. The summed E-state index contributed by atoms with van der Waals surface area (Å²) in [4.78, 5) is 24.3. The Labute approximate surface area is 146 Å². The molecule has 0 saturated heterocycles.